The number of carbonyl (C=O) groups is 1. The van der Waals surface area contributed by atoms with Gasteiger partial charge in [-0.25, -0.2) is 0 Å². The van der Waals surface area contributed by atoms with E-state index in [9.17, 15) is 4.79 Å². The van der Waals surface area contributed by atoms with Crippen molar-refractivity contribution in [1.82, 2.24) is 15.5 Å². The Bertz CT molecular complexity index is 531. The summed E-state index contributed by atoms with van der Waals surface area (Å²) in [6, 6.07) is 1.41. The molecule has 0 aliphatic rings. The summed E-state index contributed by atoms with van der Waals surface area (Å²) >= 11 is 0. The first-order valence-corrected chi connectivity index (χ1v) is 5.78. The fourth-order valence-electron chi connectivity index (χ4n) is 1.68. The van der Waals surface area contributed by atoms with Crippen LogP contribution in [0, 0.1) is 6.92 Å². The molecule has 0 fully saturated rings. The second-order valence-electron chi connectivity index (χ2n) is 4.05. The molecule has 0 bridgehead atoms. The predicted molar refractivity (Wildman–Crippen MR) is 63.0 cm³/mol. The molecule has 2 rings (SSSR count). The van der Waals surface area contributed by atoms with Crippen LogP contribution in [-0.2, 0) is 6.42 Å². The highest BCUT2D eigenvalue weighted by Crippen LogP contribution is 2.16. The van der Waals surface area contributed by atoms with Crippen LogP contribution in [0.4, 0.5) is 0 Å². The van der Waals surface area contributed by atoms with Crippen molar-refractivity contribution in [3.63, 3.8) is 0 Å². The Hall–Kier alpha value is -2.11. The third-order valence-electron chi connectivity index (χ3n) is 2.68. The van der Waals surface area contributed by atoms with E-state index in [-0.39, 0.29) is 11.9 Å². The van der Waals surface area contributed by atoms with Crippen molar-refractivity contribution in [2.45, 2.75) is 33.2 Å². The summed E-state index contributed by atoms with van der Waals surface area (Å²) < 4.78 is 10.1. The number of nitrogens with one attached hydrogen (secondary N) is 1. The highest BCUT2D eigenvalue weighted by Gasteiger charge is 2.18. The summed E-state index contributed by atoms with van der Waals surface area (Å²) in [4.78, 5) is 15.8. The van der Waals surface area contributed by atoms with Gasteiger partial charge in [0.15, 0.2) is 11.6 Å². The van der Waals surface area contributed by atoms with Gasteiger partial charge in [-0.15, -0.1) is 0 Å². The Labute approximate surface area is 104 Å². The van der Waals surface area contributed by atoms with Gasteiger partial charge < -0.3 is 14.3 Å². The summed E-state index contributed by atoms with van der Waals surface area (Å²) in [7, 11) is 0. The van der Waals surface area contributed by atoms with E-state index in [2.05, 4.69) is 20.0 Å². The van der Waals surface area contributed by atoms with E-state index in [0.717, 1.165) is 17.7 Å². The molecule has 2 aromatic heterocycles. The second-order valence-corrected chi connectivity index (χ2v) is 4.05. The minimum atomic E-state index is -0.327. The average molecular weight is 249 g/mol. The van der Waals surface area contributed by atoms with Gasteiger partial charge in [0.2, 0.25) is 6.39 Å². The number of aryl methyl sites for hydroxylation is 2. The van der Waals surface area contributed by atoms with Crippen LogP contribution in [-0.4, -0.2) is 16.0 Å². The molecule has 2 aromatic rings. The summed E-state index contributed by atoms with van der Waals surface area (Å²) in [5.74, 6) is 1.28. The van der Waals surface area contributed by atoms with Crippen molar-refractivity contribution < 1.29 is 13.7 Å². The highest BCUT2D eigenvalue weighted by molar-refractivity contribution is 5.91. The summed E-state index contributed by atoms with van der Waals surface area (Å²) in [6.07, 6.45) is 1.99. The minimum Gasteiger partial charge on any atom is -0.456 e. The fraction of sp³-hybridized carbons (Fsp3) is 0.417. The zero-order valence-electron chi connectivity index (χ0n) is 10.6. The van der Waals surface area contributed by atoms with E-state index < -0.39 is 0 Å². The Morgan fingerprint density at radius 2 is 2.33 bits per heavy atom. The van der Waals surface area contributed by atoms with E-state index in [1.54, 1.807) is 13.0 Å². The normalized spacial score (nSPS) is 12.4. The van der Waals surface area contributed by atoms with Gasteiger partial charge >= 0.3 is 0 Å². The molecule has 0 saturated carbocycles. The van der Waals surface area contributed by atoms with Gasteiger partial charge in [0, 0.05) is 6.42 Å². The van der Waals surface area contributed by atoms with Crippen LogP contribution in [0.15, 0.2) is 21.4 Å². The number of aromatic nitrogens is 2. The number of furan rings is 1. The van der Waals surface area contributed by atoms with E-state index in [4.69, 9.17) is 4.42 Å². The van der Waals surface area contributed by atoms with Crippen LogP contribution in [0.25, 0.3) is 0 Å². The van der Waals surface area contributed by atoms with Crippen LogP contribution >= 0.6 is 0 Å². The maximum atomic E-state index is 11.9. The maximum absolute atomic E-state index is 11.9. The molecule has 96 valence electrons. The minimum absolute atomic E-state index is 0.282. The lowest BCUT2D eigenvalue weighted by molar-refractivity contribution is 0.0908. The van der Waals surface area contributed by atoms with Crippen molar-refractivity contribution in [1.29, 1.82) is 0 Å². The molecular formula is C12H15N3O3. The topological polar surface area (TPSA) is 81.2 Å². The monoisotopic (exact) mass is 249 g/mol. The Balaban J connectivity index is 2.07. The number of hydrogen-bond donors (Lipinski definition) is 1. The standard InChI is InChI=1S/C12H15N3O3/c1-4-9-7(2)5-10(18-9)12(16)14-8(3)11-13-6-17-15-11/h5-6,8H,4H2,1-3H3,(H,14,16)/t8-/m1/s1. The molecule has 6 heteroatoms. The second kappa shape index (κ2) is 5.03. The highest BCUT2D eigenvalue weighted by atomic mass is 16.5. The van der Waals surface area contributed by atoms with Gasteiger partial charge in [0.25, 0.3) is 5.91 Å². The number of carbonyl (C=O) groups excluding carboxylic acids is 1. The molecule has 0 aromatic carbocycles. The van der Waals surface area contributed by atoms with Crippen LogP contribution in [0.3, 0.4) is 0 Å². The molecule has 18 heavy (non-hydrogen) atoms. The number of amides is 1. The zero-order chi connectivity index (χ0) is 13.1. The molecule has 0 spiro atoms. The molecule has 0 radical (unpaired) electrons. The predicted octanol–water partition coefficient (Wildman–Crippen LogP) is 2.02. The number of hydrogen-bond acceptors (Lipinski definition) is 5. The third-order valence-corrected chi connectivity index (χ3v) is 2.68. The van der Waals surface area contributed by atoms with Crippen LogP contribution in [0.2, 0.25) is 0 Å². The Kier molecular flexibility index (Phi) is 3.45. The Morgan fingerprint density at radius 3 is 2.89 bits per heavy atom. The van der Waals surface area contributed by atoms with E-state index >= 15 is 0 Å². The van der Waals surface area contributed by atoms with E-state index in [0.29, 0.717) is 11.6 Å². The molecule has 6 nitrogen and oxygen atoms in total. The van der Waals surface area contributed by atoms with Crippen LogP contribution in [0.5, 0.6) is 0 Å². The van der Waals surface area contributed by atoms with Gasteiger partial charge in [-0.2, -0.15) is 4.98 Å². The Morgan fingerprint density at radius 1 is 1.56 bits per heavy atom. The van der Waals surface area contributed by atoms with E-state index in [1.165, 1.54) is 6.39 Å². The van der Waals surface area contributed by atoms with Gasteiger partial charge in [-0.3, -0.25) is 4.79 Å². The lowest BCUT2D eigenvalue weighted by Gasteiger charge is -2.07. The molecule has 0 unspecified atom stereocenters. The molecule has 2 heterocycles. The first-order chi connectivity index (χ1) is 8.61. The van der Waals surface area contributed by atoms with Crippen LogP contribution in [0.1, 0.15) is 47.6 Å². The first kappa shape index (κ1) is 12.3. The molecule has 1 amide bonds. The molecule has 0 saturated heterocycles. The summed E-state index contributed by atoms with van der Waals surface area (Å²) in [5, 5.41) is 6.42. The maximum Gasteiger partial charge on any atom is 0.287 e. The van der Waals surface area contributed by atoms with Crippen molar-refractivity contribution in [2.75, 3.05) is 0 Å². The summed E-state index contributed by atoms with van der Waals surface area (Å²) in [5.41, 5.74) is 0.981. The number of rotatable bonds is 4. The summed E-state index contributed by atoms with van der Waals surface area (Å²) in [6.45, 7) is 5.68. The fourth-order valence-corrected chi connectivity index (χ4v) is 1.68. The first-order valence-electron chi connectivity index (χ1n) is 5.78. The van der Waals surface area contributed by atoms with Crippen molar-refractivity contribution in [2.24, 2.45) is 0 Å². The molecule has 1 atom stereocenters. The van der Waals surface area contributed by atoms with Gasteiger partial charge in [-0.1, -0.05) is 12.1 Å². The molecule has 1 N–H and O–H groups in total. The largest absolute Gasteiger partial charge is 0.456 e. The average Bonchev–Trinajstić information content (AvgIpc) is 2.97. The molecular weight excluding hydrogens is 234 g/mol. The lowest BCUT2D eigenvalue weighted by Crippen LogP contribution is -2.26. The number of nitrogens with zero attached hydrogens (tertiary/aromatic N) is 2. The van der Waals surface area contributed by atoms with E-state index in [1.807, 2.05) is 13.8 Å². The van der Waals surface area contributed by atoms with Crippen molar-refractivity contribution in [3.05, 3.63) is 35.4 Å². The molecule has 0 aliphatic carbocycles. The smallest absolute Gasteiger partial charge is 0.287 e. The van der Waals surface area contributed by atoms with Crippen molar-refractivity contribution >= 4 is 5.91 Å². The van der Waals surface area contributed by atoms with Gasteiger partial charge in [0.05, 0.1) is 6.04 Å². The van der Waals surface area contributed by atoms with Crippen LogP contribution < -0.4 is 5.32 Å². The quantitative estimate of drug-likeness (QED) is 0.896. The molecule has 0 aliphatic heterocycles. The van der Waals surface area contributed by atoms with Gasteiger partial charge in [-0.05, 0) is 25.5 Å². The SMILES string of the molecule is CCc1oc(C(=O)N[C@H](C)c2ncon2)cc1C. The third kappa shape index (κ3) is 2.42. The van der Waals surface area contributed by atoms with Crippen molar-refractivity contribution in [3.8, 4) is 0 Å². The van der Waals surface area contributed by atoms with Gasteiger partial charge in [0.1, 0.15) is 5.76 Å². The lowest BCUT2D eigenvalue weighted by atomic mass is 10.2. The zero-order valence-corrected chi connectivity index (χ0v) is 10.6.